The second kappa shape index (κ2) is 4.95. The zero-order valence-electron chi connectivity index (χ0n) is 9.72. The topological polar surface area (TPSA) is 101 Å². The Morgan fingerprint density at radius 1 is 1.33 bits per heavy atom. The number of rotatable bonds is 3. The lowest BCUT2D eigenvalue weighted by Crippen LogP contribution is -2.36. The third kappa shape index (κ3) is 2.80. The first-order valence-electron chi connectivity index (χ1n) is 5.59. The molecule has 0 aliphatic carbocycles. The number of para-hydroxylation sites is 1. The Hall–Kier alpha value is -1.60. The van der Waals surface area contributed by atoms with Gasteiger partial charge in [0.05, 0.1) is 22.8 Å². The van der Waals surface area contributed by atoms with Gasteiger partial charge in [-0.25, -0.2) is 8.42 Å². The lowest BCUT2D eigenvalue weighted by atomic mass is 10.1. The van der Waals surface area contributed by atoms with E-state index in [4.69, 9.17) is 5.84 Å². The third-order valence-electron chi connectivity index (χ3n) is 2.89. The third-order valence-corrected chi connectivity index (χ3v) is 4.66. The minimum atomic E-state index is -2.99. The van der Waals surface area contributed by atoms with E-state index in [1.54, 1.807) is 24.3 Å². The van der Waals surface area contributed by atoms with Crippen LogP contribution >= 0.6 is 0 Å². The maximum absolute atomic E-state index is 12.0. The Kier molecular flexibility index (Phi) is 3.53. The molecule has 1 unspecified atom stereocenters. The van der Waals surface area contributed by atoms with Crippen molar-refractivity contribution in [2.75, 3.05) is 16.9 Å². The van der Waals surface area contributed by atoms with Gasteiger partial charge in [0.2, 0.25) is 0 Å². The van der Waals surface area contributed by atoms with Gasteiger partial charge in [0.1, 0.15) is 0 Å². The van der Waals surface area contributed by atoms with Gasteiger partial charge in [-0.1, -0.05) is 12.1 Å². The number of amides is 1. The Bertz CT molecular complexity index is 556. The fraction of sp³-hybridized carbons (Fsp3) is 0.364. The fourth-order valence-corrected chi connectivity index (χ4v) is 3.65. The average molecular weight is 269 g/mol. The van der Waals surface area contributed by atoms with Gasteiger partial charge in [-0.05, 0) is 18.6 Å². The maximum Gasteiger partial charge on any atom is 0.253 e. The van der Waals surface area contributed by atoms with Crippen LogP contribution in [0, 0.1) is 0 Å². The number of hydrogen-bond acceptors (Lipinski definition) is 5. The molecule has 1 heterocycles. The SMILES string of the molecule is NNc1ccccc1C(=O)NC1CCS(=O)(=O)C1. The molecule has 0 bridgehead atoms. The predicted molar refractivity (Wildman–Crippen MR) is 68.8 cm³/mol. The molecule has 1 amide bonds. The highest BCUT2D eigenvalue weighted by Crippen LogP contribution is 2.16. The van der Waals surface area contributed by atoms with Gasteiger partial charge in [0.15, 0.2) is 9.84 Å². The first-order chi connectivity index (χ1) is 8.52. The number of sulfone groups is 1. The molecule has 4 N–H and O–H groups in total. The van der Waals surface area contributed by atoms with Crippen LogP contribution in [-0.2, 0) is 9.84 Å². The molecule has 1 aromatic carbocycles. The molecular weight excluding hydrogens is 254 g/mol. The smallest absolute Gasteiger partial charge is 0.253 e. The van der Waals surface area contributed by atoms with E-state index in [9.17, 15) is 13.2 Å². The number of benzene rings is 1. The summed E-state index contributed by atoms with van der Waals surface area (Å²) in [6.45, 7) is 0. The molecule has 1 aromatic rings. The first kappa shape index (κ1) is 12.8. The number of carbonyl (C=O) groups is 1. The molecule has 1 aliphatic heterocycles. The van der Waals surface area contributed by atoms with Gasteiger partial charge in [-0.3, -0.25) is 10.6 Å². The molecule has 1 aliphatic rings. The number of nitrogens with one attached hydrogen (secondary N) is 2. The van der Waals surface area contributed by atoms with E-state index in [-0.39, 0.29) is 23.5 Å². The van der Waals surface area contributed by atoms with Crippen LogP contribution in [0.3, 0.4) is 0 Å². The predicted octanol–water partition coefficient (Wildman–Crippen LogP) is -0.111. The highest BCUT2D eigenvalue weighted by Gasteiger charge is 2.29. The monoisotopic (exact) mass is 269 g/mol. The summed E-state index contributed by atoms with van der Waals surface area (Å²) < 4.78 is 22.6. The summed E-state index contributed by atoms with van der Waals surface area (Å²) in [7, 11) is -2.99. The summed E-state index contributed by atoms with van der Waals surface area (Å²) in [5, 5.41) is 2.71. The number of nitrogen functional groups attached to an aromatic ring is 1. The van der Waals surface area contributed by atoms with Crippen molar-refractivity contribution in [3.8, 4) is 0 Å². The van der Waals surface area contributed by atoms with Crippen LogP contribution in [0.4, 0.5) is 5.69 Å². The number of hydrazine groups is 1. The van der Waals surface area contributed by atoms with Gasteiger partial charge in [0, 0.05) is 6.04 Å². The molecule has 18 heavy (non-hydrogen) atoms. The van der Waals surface area contributed by atoms with Gasteiger partial charge in [0.25, 0.3) is 5.91 Å². The van der Waals surface area contributed by atoms with E-state index in [1.165, 1.54) is 0 Å². The molecule has 7 heteroatoms. The van der Waals surface area contributed by atoms with Crippen molar-refractivity contribution in [1.29, 1.82) is 0 Å². The second-order valence-electron chi connectivity index (χ2n) is 4.26. The summed E-state index contributed by atoms with van der Waals surface area (Å²) in [4.78, 5) is 12.0. The Morgan fingerprint density at radius 2 is 2.06 bits per heavy atom. The van der Waals surface area contributed by atoms with Crippen molar-refractivity contribution in [3.63, 3.8) is 0 Å². The molecule has 1 saturated heterocycles. The van der Waals surface area contributed by atoms with Crippen molar-refractivity contribution < 1.29 is 13.2 Å². The van der Waals surface area contributed by atoms with E-state index >= 15 is 0 Å². The van der Waals surface area contributed by atoms with Crippen LogP contribution in [0.5, 0.6) is 0 Å². The highest BCUT2D eigenvalue weighted by molar-refractivity contribution is 7.91. The van der Waals surface area contributed by atoms with E-state index < -0.39 is 9.84 Å². The Morgan fingerprint density at radius 3 is 2.67 bits per heavy atom. The Labute approximate surface area is 105 Å². The largest absolute Gasteiger partial charge is 0.348 e. The van der Waals surface area contributed by atoms with Crippen LogP contribution in [0.1, 0.15) is 16.8 Å². The minimum absolute atomic E-state index is 0.0109. The van der Waals surface area contributed by atoms with Crippen molar-refractivity contribution >= 4 is 21.4 Å². The second-order valence-corrected chi connectivity index (χ2v) is 6.49. The van der Waals surface area contributed by atoms with Gasteiger partial charge >= 0.3 is 0 Å². The quantitative estimate of drug-likeness (QED) is 0.525. The summed E-state index contributed by atoms with van der Waals surface area (Å²) >= 11 is 0. The van der Waals surface area contributed by atoms with Crippen LogP contribution in [0.15, 0.2) is 24.3 Å². The van der Waals surface area contributed by atoms with Crippen molar-refractivity contribution in [1.82, 2.24) is 5.32 Å². The lowest BCUT2D eigenvalue weighted by Gasteiger charge is -2.13. The molecule has 0 aromatic heterocycles. The molecular formula is C11H15N3O3S. The van der Waals surface area contributed by atoms with Crippen molar-refractivity contribution in [2.24, 2.45) is 5.84 Å². The zero-order chi connectivity index (χ0) is 13.2. The van der Waals surface area contributed by atoms with E-state index in [2.05, 4.69) is 10.7 Å². The zero-order valence-corrected chi connectivity index (χ0v) is 10.5. The van der Waals surface area contributed by atoms with Gasteiger partial charge < -0.3 is 10.7 Å². The lowest BCUT2D eigenvalue weighted by molar-refractivity contribution is 0.0942. The highest BCUT2D eigenvalue weighted by atomic mass is 32.2. The standard InChI is InChI=1S/C11H15N3O3S/c12-14-10-4-2-1-3-9(10)11(15)13-8-5-6-18(16,17)7-8/h1-4,8,14H,5-7,12H2,(H,13,15). The molecule has 0 saturated carbocycles. The van der Waals surface area contributed by atoms with Gasteiger partial charge in [-0.15, -0.1) is 0 Å². The van der Waals surface area contributed by atoms with Crippen LogP contribution < -0.4 is 16.6 Å². The normalized spacial score (nSPS) is 21.5. The number of nitrogens with two attached hydrogens (primary N) is 1. The molecule has 0 spiro atoms. The van der Waals surface area contributed by atoms with E-state index in [1.807, 2.05) is 0 Å². The summed E-state index contributed by atoms with van der Waals surface area (Å²) in [6.07, 6.45) is 0.465. The number of hydrogen-bond donors (Lipinski definition) is 3. The summed E-state index contributed by atoms with van der Waals surface area (Å²) in [5.74, 6) is 5.14. The van der Waals surface area contributed by atoms with Crippen LogP contribution in [0.2, 0.25) is 0 Å². The van der Waals surface area contributed by atoms with Crippen molar-refractivity contribution in [3.05, 3.63) is 29.8 Å². The number of anilines is 1. The average Bonchev–Trinajstić information content (AvgIpc) is 2.68. The van der Waals surface area contributed by atoms with E-state index in [0.717, 1.165) is 0 Å². The minimum Gasteiger partial charge on any atom is -0.348 e. The van der Waals surface area contributed by atoms with Crippen LogP contribution in [-0.4, -0.2) is 31.9 Å². The molecule has 1 fully saturated rings. The fourth-order valence-electron chi connectivity index (χ4n) is 1.98. The number of carbonyl (C=O) groups excluding carboxylic acids is 1. The maximum atomic E-state index is 12.0. The first-order valence-corrected chi connectivity index (χ1v) is 7.41. The molecule has 0 radical (unpaired) electrons. The summed E-state index contributed by atoms with van der Waals surface area (Å²) in [6, 6.07) is 6.48. The molecule has 2 rings (SSSR count). The Balaban J connectivity index is 2.09. The molecule has 6 nitrogen and oxygen atoms in total. The van der Waals surface area contributed by atoms with Gasteiger partial charge in [-0.2, -0.15) is 0 Å². The van der Waals surface area contributed by atoms with Crippen molar-refractivity contribution in [2.45, 2.75) is 12.5 Å². The van der Waals surface area contributed by atoms with E-state index in [0.29, 0.717) is 17.7 Å². The molecule has 1 atom stereocenters. The molecule has 98 valence electrons. The summed E-state index contributed by atoms with van der Waals surface area (Å²) in [5.41, 5.74) is 3.36. The van der Waals surface area contributed by atoms with Crippen LogP contribution in [0.25, 0.3) is 0 Å².